The van der Waals surface area contributed by atoms with Gasteiger partial charge in [0.1, 0.15) is 5.82 Å². The maximum Gasteiger partial charge on any atom is 0.127 e. The van der Waals surface area contributed by atoms with E-state index in [9.17, 15) is 0 Å². The van der Waals surface area contributed by atoms with Gasteiger partial charge in [-0.3, -0.25) is 0 Å². The zero-order valence-electron chi connectivity index (χ0n) is 10.6. The molecule has 2 aliphatic rings. The molecule has 17 heavy (non-hydrogen) atoms. The molecule has 0 radical (unpaired) electrons. The summed E-state index contributed by atoms with van der Waals surface area (Å²) in [4.78, 5) is 4.71. The number of nitrogen functional groups attached to an aromatic ring is 1. The number of hydrogen-bond acceptors (Lipinski definition) is 2. The fourth-order valence-electron chi connectivity index (χ4n) is 3.43. The third-order valence-electron chi connectivity index (χ3n) is 4.34. The summed E-state index contributed by atoms with van der Waals surface area (Å²) >= 11 is 0. The number of aromatic nitrogens is 1. The Labute approximate surface area is 104 Å². The molecular formula is C15H22N2. The highest BCUT2D eigenvalue weighted by Crippen LogP contribution is 2.32. The normalized spacial score (nSPS) is 20.0. The lowest BCUT2D eigenvalue weighted by molar-refractivity contribution is 0.701. The minimum Gasteiger partial charge on any atom is -0.383 e. The standard InChI is InChI=1S/C15H22N2/c16-15-13-9-5-1-3-7-11(13)12-8-4-2-6-10-14(12)17-15/h1-10H2,(H2,16,17). The largest absolute Gasteiger partial charge is 0.383 e. The van der Waals surface area contributed by atoms with Gasteiger partial charge in [0.15, 0.2) is 0 Å². The first-order chi connectivity index (χ1) is 8.36. The molecular weight excluding hydrogens is 208 g/mol. The molecule has 2 heteroatoms. The van der Waals surface area contributed by atoms with Crippen LogP contribution in [0.15, 0.2) is 0 Å². The molecule has 1 aromatic rings. The molecule has 0 aliphatic heterocycles. The summed E-state index contributed by atoms with van der Waals surface area (Å²) < 4.78 is 0. The molecule has 0 saturated carbocycles. The average molecular weight is 230 g/mol. The van der Waals surface area contributed by atoms with Crippen molar-refractivity contribution in [3.8, 4) is 0 Å². The predicted molar refractivity (Wildman–Crippen MR) is 71.2 cm³/mol. The van der Waals surface area contributed by atoms with Gasteiger partial charge in [0.05, 0.1) is 0 Å². The molecule has 92 valence electrons. The van der Waals surface area contributed by atoms with Crippen molar-refractivity contribution in [2.45, 2.75) is 64.2 Å². The lowest BCUT2D eigenvalue weighted by Crippen LogP contribution is -2.09. The summed E-state index contributed by atoms with van der Waals surface area (Å²) in [6.07, 6.45) is 12.7. The van der Waals surface area contributed by atoms with Crippen LogP contribution in [0.25, 0.3) is 0 Å². The van der Waals surface area contributed by atoms with Crippen molar-refractivity contribution in [2.75, 3.05) is 5.73 Å². The predicted octanol–water partition coefficient (Wildman–Crippen LogP) is 3.20. The van der Waals surface area contributed by atoms with Crippen LogP contribution >= 0.6 is 0 Å². The number of nitrogens with two attached hydrogens (primary N) is 1. The molecule has 0 bridgehead atoms. The van der Waals surface area contributed by atoms with E-state index in [1.54, 1.807) is 11.1 Å². The van der Waals surface area contributed by atoms with Crippen molar-refractivity contribution in [3.63, 3.8) is 0 Å². The van der Waals surface area contributed by atoms with Crippen LogP contribution in [0.5, 0.6) is 0 Å². The first-order valence-electron chi connectivity index (χ1n) is 7.15. The van der Waals surface area contributed by atoms with E-state index in [4.69, 9.17) is 10.7 Å². The number of pyridine rings is 1. The zero-order chi connectivity index (χ0) is 11.7. The smallest absolute Gasteiger partial charge is 0.127 e. The highest BCUT2D eigenvalue weighted by Gasteiger charge is 2.20. The van der Waals surface area contributed by atoms with E-state index in [-0.39, 0.29) is 0 Å². The third kappa shape index (κ3) is 2.05. The van der Waals surface area contributed by atoms with Crippen molar-refractivity contribution in [3.05, 3.63) is 22.4 Å². The number of rotatable bonds is 0. The fraction of sp³-hybridized carbons (Fsp3) is 0.667. The summed E-state index contributed by atoms with van der Waals surface area (Å²) in [6, 6.07) is 0. The first-order valence-corrected chi connectivity index (χ1v) is 7.15. The van der Waals surface area contributed by atoms with Crippen LogP contribution in [0.2, 0.25) is 0 Å². The Morgan fingerprint density at radius 1 is 0.647 bits per heavy atom. The molecule has 1 aromatic heterocycles. The first kappa shape index (κ1) is 11.1. The fourth-order valence-corrected chi connectivity index (χ4v) is 3.43. The molecule has 0 spiro atoms. The van der Waals surface area contributed by atoms with E-state index in [0.29, 0.717) is 0 Å². The highest BCUT2D eigenvalue weighted by molar-refractivity contribution is 5.51. The van der Waals surface area contributed by atoms with E-state index < -0.39 is 0 Å². The number of fused-ring (bicyclic) bond motifs is 3. The Bertz CT molecular complexity index is 423. The minimum absolute atomic E-state index is 0.836. The summed E-state index contributed by atoms with van der Waals surface area (Å²) in [7, 11) is 0. The number of nitrogens with zero attached hydrogens (tertiary/aromatic N) is 1. The van der Waals surface area contributed by atoms with Gasteiger partial charge in [-0.1, -0.05) is 12.8 Å². The molecule has 3 rings (SSSR count). The van der Waals surface area contributed by atoms with Crippen molar-refractivity contribution < 1.29 is 0 Å². The van der Waals surface area contributed by atoms with E-state index in [2.05, 4.69) is 0 Å². The third-order valence-corrected chi connectivity index (χ3v) is 4.34. The summed E-state index contributed by atoms with van der Waals surface area (Å²) in [5.41, 5.74) is 12.1. The maximum atomic E-state index is 6.17. The van der Waals surface area contributed by atoms with Gasteiger partial charge in [0.25, 0.3) is 0 Å². The molecule has 0 amide bonds. The van der Waals surface area contributed by atoms with Crippen molar-refractivity contribution >= 4 is 5.82 Å². The molecule has 2 aliphatic carbocycles. The second-order valence-electron chi connectivity index (χ2n) is 5.50. The molecule has 1 heterocycles. The quantitative estimate of drug-likeness (QED) is 0.695. The molecule has 0 fully saturated rings. The number of aryl methyl sites for hydroxylation is 1. The number of anilines is 1. The van der Waals surface area contributed by atoms with Crippen LogP contribution in [0.3, 0.4) is 0 Å². The van der Waals surface area contributed by atoms with Crippen LogP contribution in [-0.2, 0) is 25.7 Å². The van der Waals surface area contributed by atoms with Crippen LogP contribution in [0.4, 0.5) is 5.82 Å². The molecule has 0 aromatic carbocycles. The summed E-state index contributed by atoms with van der Waals surface area (Å²) in [5.74, 6) is 0.836. The molecule has 2 nitrogen and oxygen atoms in total. The van der Waals surface area contributed by atoms with Gasteiger partial charge in [0, 0.05) is 5.69 Å². The van der Waals surface area contributed by atoms with Crippen molar-refractivity contribution in [2.24, 2.45) is 0 Å². The van der Waals surface area contributed by atoms with Gasteiger partial charge in [-0.15, -0.1) is 0 Å². The van der Waals surface area contributed by atoms with Gasteiger partial charge in [0.2, 0.25) is 0 Å². The Hall–Kier alpha value is -1.05. The SMILES string of the molecule is Nc1nc2c(c3c1CCCCC3)CCCCC2. The Morgan fingerprint density at radius 3 is 2.00 bits per heavy atom. The van der Waals surface area contributed by atoms with Gasteiger partial charge < -0.3 is 5.73 Å². The van der Waals surface area contributed by atoms with Crippen LogP contribution < -0.4 is 5.73 Å². The molecule has 0 saturated heterocycles. The summed E-state index contributed by atoms with van der Waals surface area (Å²) in [6.45, 7) is 0. The van der Waals surface area contributed by atoms with Gasteiger partial charge >= 0.3 is 0 Å². The lowest BCUT2D eigenvalue weighted by Gasteiger charge is -2.16. The molecule has 0 unspecified atom stereocenters. The van der Waals surface area contributed by atoms with Gasteiger partial charge in [-0.2, -0.15) is 0 Å². The topological polar surface area (TPSA) is 38.9 Å². The Morgan fingerprint density at radius 2 is 1.24 bits per heavy atom. The molecule has 2 N–H and O–H groups in total. The second kappa shape index (κ2) is 4.67. The highest BCUT2D eigenvalue weighted by atomic mass is 14.9. The minimum atomic E-state index is 0.836. The van der Waals surface area contributed by atoms with Gasteiger partial charge in [-0.25, -0.2) is 4.98 Å². The zero-order valence-corrected chi connectivity index (χ0v) is 10.6. The van der Waals surface area contributed by atoms with E-state index in [1.165, 1.54) is 62.6 Å². The Kier molecular flexibility index (Phi) is 3.04. The van der Waals surface area contributed by atoms with Gasteiger partial charge in [-0.05, 0) is 68.1 Å². The monoisotopic (exact) mass is 230 g/mol. The average Bonchev–Trinajstić information content (AvgIpc) is 2.68. The van der Waals surface area contributed by atoms with Crippen LogP contribution in [0.1, 0.15) is 60.9 Å². The maximum absolute atomic E-state index is 6.17. The summed E-state index contributed by atoms with van der Waals surface area (Å²) in [5, 5.41) is 0. The van der Waals surface area contributed by atoms with Crippen LogP contribution in [0, 0.1) is 0 Å². The van der Waals surface area contributed by atoms with E-state index in [0.717, 1.165) is 18.7 Å². The van der Waals surface area contributed by atoms with Crippen LogP contribution in [-0.4, -0.2) is 4.98 Å². The lowest BCUT2D eigenvalue weighted by atomic mass is 9.94. The van der Waals surface area contributed by atoms with E-state index in [1.807, 2.05) is 0 Å². The van der Waals surface area contributed by atoms with E-state index >= 15 is 0 Å². The van der Waals surface area contributed by atoms with Crippen molar-refractivity contribution in [1.82, 2.24) is 4.98 Å². The molecule has 0 atom stereocenters. The Balaban J connectivity index is 2.12. The second-order valence-corrected chi connectivity index (χ2v) is 5.50. The van der Waals surface area contributed by atoms with Crippen molar-refractivity contribution in [1.29, 1.82) is 0 Å². The number of hydrogen-bond donors (Lipinski definition) is 1.